The van der Waals surface area contributed by atoms with Crippen molar-refractivity contribution in [2.75, 3.05) is 25.0 Å². The summed E-state index contributed by atoms with van der Waals surface area (Å²) in [4.78, 5) is 19.2. The van der Waals surface area contributed by atoms with Crippen molar-refractivity contribution in [3.8, 4) is 5.75 Å². The largest absolute Gasteiger partial charge is 0.493 e. The molecule has 31 heavy (non-hydrogen) atoms. The van der Waals surface area contributed by atoms with Gasteiger partial charge < -0.3 is 15.0 Å². The van der Waals surface area contributed by atoms with Gasteiger partial charge >= 0.3 is 6.03 Å². The molecule has 2 aromatic carbocycles. The van der Waals surface area contributed by atoms with E-state index in [9.17, 15) is 4.79 Å². The zero-order valence-electron chi connectivity index (χ0n) is 18.3. The van der Waals surface area contributed by atoms with Crippen LogP contribution in [0.5, 0.6) is 5.75 Å². The maximum Gasteiger partial charge on any atom is 0.321 e. The van der Waals surface area contributed by atoms with Gasteiger partial charge in [0, 0.05) is 24.5 Å². The Morgan fingerprint density at radius 1 is 1.06 bits per heavy atom. The molecule has 1 saturated carbocycles. The van der Waals surface area contributed by atoms with Gasteiger partial charge in [0.2, 0.25) is 0 Å². The zero-order valence-corrected chi connectivity index (χ0v) is 18.3. The highest BCUT2D eigenvalue weighted by Crippen LogP contribution is 2.40. The van der Waals surface area contributed by atoms with E-state index < -0.39 is 0 Å². The van der Waals surface area contributed by atoms with Gasteiger partial charge in [-0.15, -0.1) is 0 Å². The summed E-state index contributed by atoms with van der Waals surface area (Å²) in [5, 5.41) is 3.05. The van der Waals surface area contributed by atoms with E-state index in [0.29, 0.717) is 12.5 Å². The number of carbonyl (C=O) groups is 1. The standard InChI is InChI=1S/C26H31N3O2/c1-18-2-3-22-16-24(10-11-25(22)27-18)31-17-19-12-14-29(15-13-19)26(30)28-23-8-6-21(7-9-23)20-4-5-20/h6-11,16,19-20H,2-5,12-15,17H2,1H3,(H,28,30). The Labute approximate surface area is 184 Å². The number of aliphatic imine (C=N–C) groups is 1. The number of carbonyl (C=O) groups excluding carboxylic acids is 1. The second-order valence-electron chi connectivity index (χ2n) is 9.21. The van der Waals surface area contributed by atoms with Crippen LogP contribution in [0.4, 0.5) is 16.2 Å². The summed E-state index contributed by atoms with van der Waals surface area (Å²) in [5.41, 5.74) is 5.83. The van der Waals surface area contributed by atoms with Crippen LogP contribution in [0.15, 0.2) is 47.5 Å². The van der Waals surface area contributed by atoms with Crippen LogP contribution in [0, 0.1) is 5.92 Å². The summed E-state index contributed by atoms with van der Waals surface area (Å²) in [6.45, 7) is 4.35. The summed E-state index contributed by atoms with van der Waals surface area (Å²) in [6, 6.07) is 14.6. The predicted octanol–water partition coefficient (Wildman–Crippen LogP) is 5.93. The first-order valence-electron chi connectivity index (χ1n) is 11.6. The van der Waals surface area contributed by atoms with E-state index >= 15 is 0 Å². The molecule has 5 rings (SSSR count). The average Bonchev–Trinajstić information content (AvgIpc) is 3.64. The van der Waals surface area contributed by atoms with Crippen LogP contribution in [0.1, 0.15) is 56.1 Å². The fraction of sp³-hybridized carbons (Fsp3) is 0.462. The van der Waals surface area contributed by atoms with Gasteiger partial charge in [0.05, 0.1) is 12.3 Å². The normalized spacial score (nSPS) is 18.9. The molecule has 0 unspecified atom stereocenters. The first kappa shape index (κ1) is 20.1. The molecule has 2 aliphatic heterocycles. The number of anilines is 1. The molecule has 1 saturated heterocycles. The summed E-state index contributed by atoms with van der Waals surface area (Å²) < 4.78 is 6.10. The average molecular weight is 418 g/mol. The monoisotopic (exact) mass is 417 g/mol. The van der Waals surface area contributed by atoms with Crippen LogP contribution in [-0.2, 0) is 6.42 Å². The van der Waals surface area contributed by atoms with Gasteiger partial charge in [-0.2, -0.15) is 0 Å². The van der Waals surface area contributed by atoms with Crippen molar-refractivity contribution in [3.05, 3.63) is 53.6 Å². The maximum atomic E-state index is 12.6. The highest BCUT2D eigenvalue weighted by Gasteiger charge is 2.25. The first-order valence-corrected chi connectivity index (χ1v) is 11.6. The SMILES string of the molecule is CC1=Nc2ccc(OCC3CCN(C(=O)Nc4ccc(C5CC5)cc4)CC3)cc2CC1. The molecule has 0 bridgehead atoms. The molecule has 2 fully saturated rings. The van der Waals surface area contributed by atoms with Gasteiger partial charge in [-0.25, -0.2) is 4.79 Å². The summed E-state index contributed by atoms with van der Waals surface area (Å²) in [7, 11) is 0. The second-order valence-corrected chi connectivity index (χ2v) is 9.21. The number of hydrogen-bond acceptors (Lipinski definition) is 3. The minimum atomic E-state index is 0.00377. The predicted molar refractivity (Wildman–Crippen MR) is 125 cm³/mol. The number of nitrogens with zero attached hydrogens (tertiary/aromatic N) is 2. The van der Waals surface area contributed by atoms with Crippen LogP contribution < -0.4 is 10.1 Å². The van der Waals surface area contributed by atoms with Gasteiger partial charge in [-0.3, -0.25) is 4.99 Å². The molecule has 162 valence electrons. The number of rotatable bonds is 5. The zero-order chi connectivity index (χ0) is 21.2. The lowest BCUT2D eigenvalue weighted by atomic mass is 9.98. The molecule has 2 amide bonds. The lowest BCUT2D eigenvalue weighted by Crippen LogP contribution is -2.42. The van der Waals surface area contributed by atoms with E-state index in [1.807, 2.05) is 23.1 Å². The van der Waals surface area contributed by atoms with E-state index in [2.05, 4.69) is 41.5 Å². The lowest BCUT2D eigenvalue weighted by molar-refractivity contribution is 0.152. The van der Waals surface area contributed by atoms with Gasteiger partial charge in [-0.1, -0.05) is 12.1 Å². The third-order valence-electron chi connectivity index (χ3n) is 6.72. The highest BCUT2D eigenvalue weighted by atomic mass is 16.5. The number of ether oxygens (including phenoxy) is 1. The van der Waals surface area contributed by atoms with Crippen molar-refractivity contribution in [1.29, 1.82) is 0 Å². The van der Waals surface area contributed by atoms with Gasteiger partial charge in [0.1, 0.15) is 5.75 Å². The molecule has 5 heteroatoms. The molecule has 5 nitrogen and oxygen atoms in total. The molecule has 0 aromatic heterocycles. The molecular formula is C26H31N3O2. The Balaban J connectivity index is 1.07. The second kappa shape index (κ2) is 8.74. The topological polar surface area (TPSA) is 53.9 Å². The van der Waals surface area contributed by atoms with E-state index in [1.54, 1.807) is 0 Å². The van der Waals surface area contributed by atoms with Gasteiger partial charge in [-0.05, 0) is 98.7 Å². The van der Waals surface area contributed by atoms with Crippen molar-refractivity contribution in [2.45, 2.75) is 51.4 Å². The van der Waals surface area contributed by atoms with Crippen LogP contribution in [0.3, 0.4) is 0 Å². The molecule has 0 atom stereocenters. The third kappa shape index (κ3) is 4.92. The van der Waals surface area contributed by atoms with E-state index in [1.165, 1.54) is 29.7 Å². The summed E-state index contributed by atoms with van der Waals surface area (Å²) in [6.07, 6.45) is 6.61. The summed E-state index contributed by atoms with van der Waals surface area (Å²) in [5.74, 6) is 2.16. The van der Waals surface area contributed by atoms with E-state index in [4.69, 9.17) is 4.74 Å². The number of hydrogen-bond donors (Lipinski definition) is 1. The fourth-order valence-corrected chi connectivity index (χ4v) is 4.51. The molecular weight excluding hydrogens is 386 g/mol. The number of nitrogens with one attached hydrogen (secondary N) is 1. The van der Waals surface area contributed by atoms with Crippen LogP contribution in [0.25, 0.3) is 0 Å². The Hall–Kier alpha value is -2.82. The van der Waals surface area contributed by atoms with Crippen molar-refractivity contribution < 1.29 is 9.53 Å². The molecule has 0 radical (unpaired) electrons. The first-order chi connectivity index (χ1) is 15.1. The molecule has 2 heterocycles. The number of urea groups is 1. The Kier molecular flexibility index (Phi) is 5.66. The molecule has 0 spiro atoms. The van der Waals surface area contributed by atoms with Crippen molar-refractivity contribution in [3.63, 3.8) is 0 Å². The Morgan fingerprint density at radius 3 is 2.58 bits per heavy atom. The third-order valence-corrected chi connectivity index (χ3v) is 6.72. The van der Waals surface area contributed by atoms with Crippen LogP contribution in [0.2, 0.25) is 0 Å². The number of benzene rings is 2. The maximum absolute atomic E-state index is 12.6. The molecule has 1 N–H and O–H groups in total. The molecule has 2 aromatic rings. The lowest BCUT2D eigenvalue weighted by Gasteiger charge is -2.32. The summed E-state index contributed by atoms with van der Waals surface area (Å²) >= 11 is 0. The highest BCUT2D eigenvalue weighted by molar-refractivity contribution is 5.89. The minimum Gasteiger partial charge on any atom is -0.493 e. The molecule has 1 aliphatic carbocycles. The van der Waals surface area contributed by atoms with Crippen molar-refractivity contribution >= 4 is 23.1 Å². The number of amides is 2. The number of fused-ring (bicyclic) bond motifs is 1. The number of piperidine rings is 1. The van der Waals surface area contributed by atoms with Crippen molar-refractivity contribution in [2.24, 2.45) is 10.9 Å². The fourth-order valence-electron chi connectivity index (χ4n) is 4.51. The molecule has 3 aliphatic rings. The smallest absolute Gasteiger partial charge is 0.321 e. The van der Waals surface area contributed by atoms with Crippen LogP contribution >= 0.6 is 0 Å². The Morgan fingerprint density at radius 2 is 1.84 bits per heavy atom. The van der Waals surface area contributed by atoms with Crippen LogP contribution in [-0.4, -0.2) is 36.3 Å². The Bertz CT molecular complexity index is 971. The van der Waals surface area contributed by atoms with Gasteiger partial charge in [0.25, 0.3) is 0 Å². The quantitative estimate of drug-likeness (QED) is 0.656. The minimum absolute atomic E-state index is 0.00377. The van der Waals surface area contributed by atoms with Gasteiger partial charge in [0.15, 0.2) is 0 Å². The van der Waals surface area contributed by atoms with E-state index in [0.717, 1.165) is 61.8 Å². The number of likely N-dealkylation sites (tertiary alicyclic amines) is 1. The number of aryl methyl sites for hydroxylation is 1. The van der Waals surface area contributed by atoms with Crippen molar-refractivity contribution in [1.82, 2.24) is 4.90 Å². The van der Waals surface area contributed by atoms with E-state index in [-0.39, 0.29) is 6.03 Å².